The fraction of sp³-hybridized carbons (Fsp3) is 0.200. The van der Waals surface area contributed by atoms with E-state index in [1.807, 2.05) is 4.90 Å². The summed E-state index contributed by atoms with van der Waals surface area (Å²) in [4.78, 5) is 16.7. The highest BCUT2D eigenvalue weighted by molar-refractivity contribution is 7.89. The van der Waals surface area contributed by atoms with E-state index in [0.29, 0.717) is 37.9 Å². The Morgan fingerprint density at radius 2 is 1.56 bits per heavy atom. The summed E-state index contributed by atoms with van der Waals surface area (Å²) in [6.45, 7) is 2.21. The molecule has 1 saturated heterocycles. The van der Waals surface area contributed by atoms with Gasteiger partial charge in [0.05, 0.1) is 16.8 Å². The minimum Gasteiger partial charge on any atom is -0.368 e. The van der Waals surface area contributed by atoms with Crippen molar-refractivity contribution in [3.63, 3.8) is 0 Å². The molecule has 2 heterocycles. The van der Waals surface area contributed by atoms with E-state index in [1.165, 1.54) is 18.3 Å². The zero-order valence-electron chi connectivity index (χ0n) is 16.6. The Morgan fingerprint density at radius 1 is 0.938 bits per heavy atom. The van der Waals surface area contributed by atoms with E-state index < -0.39 is 27.2 Å². The number of primary sulfonamides is 1. The fourth-order valence-electron chi connectivity index (χ4n) is 3.52. The van der Waals surface area contributed by atoms with Gasteiger partial charge >= 0.3 is 0 Å². The molecule has 0 amide bonds. The predicted octanol–water partition coefficient (Wildman–Crippen LogP) is 2.14. The van der Waals surface area contributed by atoms with Crippen LogP contribution in [0.3, 0.4) is 0 Å². The first kappa shape index (κ1) is 22.2. The molecular formula is C20H18ClF2N5O3S. The molecule has 2 aromatic carbocycles. The van der Waals surface area contributed by atoms with Gasteiger partial charge in [-0.05, 0) is 36.4 Å². The molecule has 0 unspecified atom stereocenters. The molecule has 1 aromatic heterocycles. The van der Waals surface area contributed by atoms with Gasteiger partial charge in [0.2, 0.25) is 10.0 Å². The van der Waals surface area contributed by atoms with Crippen LogP contribution in [-0.2, 0) is 10.0 Å². The van der Waals surface area contributed by atoms with Crippen LogP contribution in [0.25, 0.3) is 5.69 Å². The van der Waals surface area contributed by atoms with Gasteiger partial charge in [-0.1, -0.05) is 11.6 Å². The highest BCUT2D eigenvalue weighted by Gasteiger charge is 2.23. The number of piperazine rings is 1. The van der Waals surface area contributed by atoms with Gasteiger partial charge in [0.1, 0.15) is 16.5 Å². The van der Waals surface area contributed by atoms with Crippen LogP contribution in [0.2, 0.25) is 5.02 Å². The number of halogens is 3. The lowest BCUT2D eigenvalue weighted by Crippen LogP contribution is -2.47. The third-order valence-electron chi connectivity index (χ3n) is 5.19. The van der Waals surface area contributed by atoms with Gasteiger partial charge in [-0.3, -0.25) is 4.79 Å². The Kier molecular flexibility index (Phi) is 5.89. The maximum atomic E-state index is 14.1. The third kappa shape index (κ3) is 4.31. The molecular weight excluding hydrogens is 464 g/mol. The molecule has 4 rings (SSSR count). The number of rotatable bonds is 4. The monoisotopic (exact) mass is 481 g/mol. The van der Waals surface area contributed by atoms with E-state index in [2.05, 4.69) is 10.00 Å². The molecule has 1 aliphatic heterocycles. The van der Waals surface area contributed by atoms with Crippen LogP contribution >= 0.6 is 11.6 Å². The number of hydrogen-bond donors (Lipinski definition) is 1. The molecule has 0 saturated carbocycles. The Hall–Kier alpha value is -3.02. The number of hydrogen-bond acceptors (Lipinski definition) is 6. The fourth-order valence-corrected chi connectivity index (χ4v) is 4.29. The first-order valence-corrected chi connectivity index (χ1v) is 11.4. The first-order valence-electron chi connectivity index (χ1n) is 9.51. The third-order valence-corrected chi connectivity index (χ3v) is 6.47. The van der Waals surface area contributed by atoms with Crippen LogP contribution in [0.4, 0.5) is 20.2 Å². The number of anilines is 2. The first-order chi connectivity index (χ1) is 15.1. The lowest BCUT2D eigenvalue weighted by molar-refractivity contribution is 0.570. The summed E-state index contributed by atoms with van der Waals surface area (Å²) in [5, 5.41) is 9.03. The maximum absolute atomic E-state index is 14.1. The van der Waals surface area contributed by atoms with Crippen molar-refractivity contribution >= 4 is 33.0 Å². The van der Waals surface area contributed by atoms with Crippen molar-refractivity contribution in [2.75, 3.05) is 36.0 Å². The molecule has 32 heavy (non-hydrogen) atoms. The number of aromatic nitrogens is 2. The van der Waals surface area contributed by atoms with Crippen molar-refractivity contribution in [1.82, 2.24) is 9.78 Å². The Bertz CT molecular complexity index is 1320. The van der Waals surface area contributed by atoms with E-state index in [0.717, 1.165) is 22.5 Å². The highest BCUT2D eigenvalue weighted by atomic mass is 35.5. The van der Waals surface area contributed by atoms with Crippen LogP contribution in [0.1, 0.15) is 0 Å². The normalized spacial score (nSPS) is 14.6. The lowest BCUT2D eigenvalue weighted by atomic mass is 10.2. The minimum atomic E-state index is -3.75. The second kappa shape index (κ2) is 8.49. The van der Waals surface area contributed by atoms with Gasteiger partial charge in [-0.15, -0.1) is 0 Å². The molecule has 8 nitrogen and oxygen atoms in total. The number of benzene rings is 2. The summed E-state index contributed by atoms with van der Waals surface area (Å²) in [6.07, 6.45) is 1.38. The number of nitrogens with zero attached hydrogens (tertiary/aromatic N) is 4. The minimum absolute atomic E-state index is 0.0379. The molecule has 2 N–H and O–H groups in total. The van der Waals surface area contributed by atoms with Crippen molar-refractivity contribution in [3.8, 4) is 5.69 Å². The van der Waals surface area contributed by atoms with Crippen LogP contribution in [0.5, 0.6) is 0 Å². The maximum Gasteiger partial charge on any atom is 0.292 e. The summed E-state index contributed by atoms with van der Waals surface area (Å²) in [5.41, 5.74) is 0.344. The predicted molar refractivity (Wildman–Crippen MR) is 117 cm³/mol. The summed E-state index contributed by atoms with van der Waals surface area (Å²) in [7, 11) is -3.75. The molecule has 168 valence electrons. The van der Waals surface area contributed by atoms with Gasteiger partial charge in [-0.25, -0.2) is 22.3 Å². The summed E-state index contributed by atoms with van der Waals surface area (Å²) in [5.74, 6) is -1.69. The zero-order valence-corrected chi connectivity index (χ0v) is 18.2. The molecule has 0 radical (unpaired) electrons. The molecule has 1 aliphatic rings. The Morgan fingerprint density at radius 3 is 2.16 bits per heavy atom. The molecule has 0 spiro atoms. The summed E-state index contributed by atoms with van der Waals surface area (Å²) < 4.78 is 50.8. The van der Waals surface area contributed by atoms with Crippen molar-refractivity contribution in [1.29, 1.82) is 0 Å². The van der Waals surface area contributed by atoms with Gasteiger partial charge in [0, 0.05) is 37.9 Å². The molecule has 1 fully saturated rings. The van der Waals surface area contributed by atoms with E-state index >= 15 is 0 Å². The quantitative estimate of drug-likeness (QED) is 0.612. The van der Waals surface area contributed by atoms with Crippen LogP contribution in [-0.4, -0.2) is 44.4 Å². The summed E-state index contributed by atoms with van der Waals surface area (Å²) >= 11 is 6.28. The van der Waals surface area contributed by atoms with E-state index in [-0.39, 0.29) is 15.6 Å². The SMILES string of the molecule is NS(=O)(=O)c1ccc(N2CCN(c3cnn(-c4ccc(F)cc4F)c(=O)c3Cl)CC2)cc1. The van der Waals surface area contributed by atoms with E-state index in [4.69, 9.17) is 16.7 Å². The molecule has 12 heteroatoms. The molecule has 0 atom stereocenters. The highest BCUT2D eigenvalue weighted by Crippen LogP contribution is 2.25. The van der Waals surface area contributed by atoms with Gasteiger partial charge in [0.25, 0.3) is 5.56 Å². The standard InChI is InChI=1S/C20H18ClF2N5O3S/c21-19-18(12-25-28(20(19)29)17-6-1-13(22)11-16(17)23)27-9-7-26(8-10-27)14-2-4-15(5-3-14)32(24,30)31/h1-6,11-12H,7-10H2,(H2,24,30,31). The van der Waals surface area contributed by atoms with Crippen molar-refractivity contribution in [3.05, 3.63) is 75.7 Å². The second-order valence-corrected chi connectivity index (χ2v) is 9.11. The van der Waals surface area contributed by atoms with Crippen molar-refractivity contribution in [2.45, 2.75) is 4.90 Å². The van der Waals surface area contributed by atoms with Gasteiger partial charge < -0.3 is 9.80 Å². The van der Waals surface area contributed by atoms with Crippen molar-refractivity contribution < 1.29 is 17.2 Å². The largest absolute Gasteiger partial charge is 0.368 e. The molecule has 3 aromatic rings. The Labute approximate surface area is 187 Å². The second-order valence-electron chi connectivity index (χ2n) is 7.17. The zero-order chi connectivity index (χ0) is 23.0. The Balaban J connectivity index is 1.51. The average molecular weight is 482 g/mol. The average Bonchev–Trinajstić information content (AvgIpc) is 2.76. The van der Waals surface area contributed by atoms with Gasteiger partial charge in [-0.2, -0.15) is 9.78 Å². The van der Waals surface area contributed by atoms with E-state index in [9.17, 15) is 22.0 Å². The topological polar surface area (TPSA) is 102 Å². The lowest BCUT2D eigenvalue weighted by Gasteiger charge is -2.37. The molecule has 0 aliphatic carbocycles. The van der Waals surface area contributed by atoms with E-state index in [1.54, 1.807) is 12.1 Å². The molecule has 0 bridgehead atoms. The number of nitrogens with two attached hydrogens (primary N) is 1. The van der Waals surface area contributed by atoms with Gasteiger partial charge in [0.15, 0.2) is 5.82 Å². The van der Waals surface area contributed by atoms with Crippen molar-refractivity contribution in [2.24, 2.45) is 5.14 Å². The van der Waals surface area contributed by atoms with Crippen LogP contribution in [0, 0.1) is 11.6 Å². The number of sulfonamides is 1. The smallest absolute Gasteiger partial charge is 0.292 e. The van der Waals surface area contributed by atoms with Crippen LogP contribution < -0.4 is 20.5 Å². The summed E-state index contributed by atoms with van der Waals surface area (Å²) in [6, 6.07) is 9.08. The van der Waals surface area contributed by atoms with Crippen LogP contribution in [0.15, 0.2) is 58.4 Å².